The lowest BCUT2D eigenvalue weighted by molar-refractivity contribution is -0.384. The molecule has 0 bridgehead atoms. The van der Waals surface area contributed by atoms with Crippen LogP contribution in [0.3, 0.4) is 0 Å². The molecule has 0 saturated carbocycles. The molecule has 2 N–H and O–H groups in total. The molecule has 1 aliphatic heterocycles. The molecule has 2 aromatic carbocycles. The monoisotopic (exact) mass is 444 g/mol. The SMILES string of the molecule is CN1Cc2c(Cl)cc(Cl)cc2C(c2ccc(NC(=O)c3cc([N+](=O)[O-])c[nH]3)cc2)C1. The van der Waals surface area contributed by atoms with E-state index in [2.05, 4.69) is 15.2 Å². The van der Waals surface area contributed by atoms with E-state index in [1.807, 2.05) is 37.4 Å². The molecule has 1 aliphatic rings. The number of hydrogen-bond donors (Lipinski definition) is 2. The fourth-order valence-corrected chi connectivity index (χ4v) is 4.32. The number of aromatic nitrogens is 1. The lowest BCUT2D eigenvalue weighted by Gasteiger charge is -2.33. The summed E-state index contributed by atoms with van der Waals surface area (Å²) in [7, 11) is 2.05. The Hall–Kier alpha value is -2.87. The molecular weight excluding hydrogens is 427 g/mol. The van der Waals surface area contributed by atoms with Crippen LogP contribution in [0.4, 0.5) is 11.4 Å². The summed E-state index contributed by atoms with van der Waals surface area (Å²) in [4.78, 5) is 27.4. The van der Waals surface area contributed by atoms with Crippen molar-refractivity contribution in [3.63, 3.8) is 0 Å². The molecule has 9 heteroatoms. The van der Waals surface area contributed by atoms with Crippen LogP contribution in [0.1, 0.15) is 33.1 Å². The maximum Gasteiger partial charge on any atom is 0.287 e. The minimum atomic E-state index is -0.556. The van der Waals surface area contributed by atoms with Crippen molar-refractivity contribution < 1.29 is 9.72 Å². The van der Waals surface area contributed by atoms with Crippen molar-refractivity contribution in [3.8, 4) is 0 Å². The van der Waals surface area contributed by atoms with Gasteiger partial charge in [-0.05, 0) is 48.0 Å². The van der Waals surface area contributed by atoms with Gasteiger partial charge in [0.15, 0.2) is 0 Å². The molecule has 30 heavy (non-hydrogen) atoms. The summed E-state index contributed by atoms with van der Waals surface area (Å²) in [5, 5.41) is 14.8. The van der Waals surface area contributed by atoms with E-state index >= 15 is 0 Å². The van der Waals surface area contributed by atoms with Crippen molar-refractivity contribution in [2.45, 2.75) is 12.5 Å². The zero-order valence-electron chi connectivity index (χ0n) is 16.0. The van der Waals surface area contributed by atoms with E-state index in [0.29, 0.717) is 15.7 Å². The molecule has 154 valence electrons. The van der Waals surface area contributed by atoms with Crippen LogP contribution in [-0.2, 0) is 6.54 Å². The van der Waals surface area contributed by atoms with E-state index in [-0.39, 0.29) is 17.3 Å². The van der Waals surface area contributed by atoms with Crippen LogP contribution < -0.4 is 5.32 Å². The Morgan fingerprint density at radius 1 is 1.23 bits per heavy atom. The topological polar surface area (TPSA) is 91.3 Å². The average Bonchev–Trinajstić information content (AvgIpc) is 3.20. The Morgan fingerprint density at radius 2 is 1.97 bits per heavy atom. The highest BCUT2D eigenvalue weighted by atomic mass is 35.5. The molecule has 0 radical (unpaired) electrons. The zero-order valence-corrected chi connectivity index (χ0v) is 17.5. The first-order valence-corrected chi connectivity index (χ1v) is 9.98. The van der Waals surface area contributed by atoms with E-state index in [1.54, 1.807) is 6.07 Å². The minimum Gasteiger partial charge on any atom is -0.351 e. The number of rotatable bonds is 4. The van der Waals surface area contributed by atoms with Crippen molar-refractivity contribution in [1.82, 2.24) is 9.88 Å². The van der Waals surface area contributed by atoms with Gasteiger partial charge in [-0.15, -0.1) is 0 Å². The lowest BCUT2D eigenvalue weighted by atomic mass is 9.84. The predicted molar refractivity (Wildman–Crippen MR) is 116 cm³/mol. The predicted octanol–water partition coefficient (Wildman–Crippen LogP) is 5.06. The van der Waals surface area contributed by atoms with Gasteiger partial charge in [-0.1, -0.05) is 35.3 Å². The van der Waals surface area contributed by atoms with Gasteiger partial charge in [0.2, 0.25) is 0 Å². The largest absolute Gasteiger partial charge is 0.351 e. The first-order chi connectivity index (χ1) is 14.3. The van der Waals surface area contributed by atoms with Crippen LogP contribution in [0.15, 0.2) is 48.7 Å². The molecule has 7 nitrogen and oxygen atoms in total. The van der Waals surface area contributed by atoms with Gasteiger partial charge in [-0.3, -0.25) is 14.9 Å². The summed E-state index contributed by atoms with van der Waals surface area (Å²) >= 11 is 12.7. The molecule has 0 aliphatic carbocycles. The molecule has 1 unspecified atom stereocenters. The molecule has 1 atom stereocenters. The van der Waals surface area contributed by atoms with E-state index < -0.39 is 10.8 Å². The fraction of sp³-hybridized carbons (Fsp3) is 0.190. The fourth-order valence-electron chi connectivity index (χ4n) is 3.75. The number of amides is 1. The molecule has 3 aromatic rings. The van der Waals surface area contributed by atoms with Crippen molar-refractivity contribution in [3.05, 3.63) is 91.2 Å². The number of carbonyl (C=O) groups is 1. The number of nitro groups is 1. The molecule has 0 fully saturated rings. The lowest BCUT2D eigenvalue weighted by Crippen LogP contribution is -2.31. The third kappa shape index (κ3) is 4.05. The maximum atomic E-state index is 12.3. The number of halogens is 2. The molecule has 1 amide bonds. The van der Waals surface area contributed by atoms with Crippen molar-refractivity contribution in [1.29, 1.82) is 0 Å². The Labute approximate surface area is 182 Å². The van der Waals surface area contributed by atoms with Crippen LogP contribution in [0, 0.1) is 10.1 Å². The molecule has 0 saturated heterocycles. The summed E-state index contributed by atoms with van der Waals surface area (Å²) < 4.78 is 0. The number of carbonyl (C=O) groups excluding carboxylic acids is 1. The molecule has 4 rings (SSSR count). The maximum absolute atomic E-state index is 12.3. The number of H-pyrrole nitrogens is 1. The Balaban J connectivity index is 1.55. The van der Waals surface area contributed by atoms with Gasteiger partial charge in [0.1, 0.15) is 5.69 Å². The van der Waals surface area contributed by atoms with E-state index in [0.717, 1.165) is 29.8 Å². The highest BCUT2D eigenvalue weighted by Gasteiger charge is 2.27. The first kappa shape index (κ1) is 20.4. The summed E-state index contributed by atoms with van der Waals surface area (Å²) in [6.07, 6.45) is 1.19. The average molecular weight is 445 g/mol. The Kier molecular flexibility index (Phi) is 5.51. The highest BCUT2D eigenvalue weighted by molar-refractivity contribution is 6.35. The number of nitrogens with one attached hydrogen (secondary N) is 2. The second kappa shape index (κ2) is 8.10. The Bertz CT molecular complexity index is 1130. The second-order valence-corrected chi connectivity index (χ2v) is 8.15. The summed E-state index contributed by atoms with van der Waals surface area (Å²) in [5.74, 6) is -0.345. The van der Waals surface area contributed by atoms with E-state index in [4.69, 9.17) is 23.2 Å². The van der Waals surface area contributed by atoms with Crippen LogP contribution in [-0.4, -0.2) is 34.3 Å². The number of benzene rings is 2. The quantitative estimate of drug-likeness (QED) is 0.434. The van der Waals surface area contributed by atoms with Gasteiger partial charge in [0.25, 0.3) is 11.6 Å². The third-order valence-electron chi connectivity index (χ3n) is 5.19. The number of hydrogen-bond acceptors (Lipinski definition) is 4. The van der Waals surface area contributed by atoms with Gasteiger partial charge in [0.05, 0.1) is 11.1 Å². The van der Waals surface area contributed by atoms with E-state index in [1.165, 1.54) is 12.3 Å². The van der Waals surface area contributed by atoms with Gasteiger partial charge in [-0.2, -0.15) is 0 Å². The zero-order chi connectivity index (χ0) is 21.4. The standard InChI is InChI=1S/C21H18Cl2N4O3/c1-26-10-17(16-6-13(22)7-19(23)18(16)11-26)12-2-4-14(5-3-12)25-21(28)20-8-15(9-24-20)27(29)30/h2-9,17,24H,10-11H2,1H3,(H,25,28). The van der Waals surface area contributed by atoms with Crippen molar-refractivity contribution in [2.75, 3.05) is 18.9 Å². The Morgan fingerprint density at radius 3 is 2.63 bits per heavy atom. The van der Waals surface area contributed by atoms with Crippen LogP contribution in [0.25, 0.3) is 0 Å². The minimum absolute atomic E-state index is 0.103. The van der Waals surface area contributed by atoms with Crippen molar-refractivity contribution >= 4 is 40.5 Å². The number of aromatic amines is 1. The van der Waals surface area contributed by atoms with Crippen molar-refractivity contribution in [2.24, 2.45) is 0 Å². The normalized spacial score (nSPS) is 16.2. The molecular formula is C21H18Cl2N4O3. The van der Waals surface area contributed by atoms with Crippen LogP contribution >= 0.6 is 23.2 Å². The van der Waals surface area contributed by atoms with Gasteiger partial charge >= 0.3 is 0 Å². The number of nitrogens with zero attached hydrogens (tertiary/aromatic N) is 2. The number of anilines is 1. The smallest absolute Gasteiger partial charge is 0.287 e. The summed E-state index contributed by atoms with van der Waals surface area (Å²) in [6.45, 7) is 1.58. The summed E-state index contributed by atoms with van der Waals surface area (Å²) in [6, 6.07) is 12.5. The second-order valence-electron chi connectivity index (χ2n) is 7.31. The molecule has 0 spiro atoms. The third-order valence-corrected chi connectivity index (χ3v) is 5.74. The van der Waals surface area contributed by atoms with Gasteiger partial charge < -0.3 is 15.2 Å². The van der Waals surface area contributed by atoms with Gasteiger partial charge in [-0.25, -0.2) is 0 Å². The first-order valence-electron chi connectivity index (χ1n) is 9.22. The molecule has 1 aromatic heterocycles. The van der Waals surface area contributed by atoms with Gasteiger partial charge in [0, 0.05) is 40.8 Å². The van der Waals surface area contributed by atoms with Crippen LogP contribution in [0.2, 0.25) is 10.0 Å². The van der Waals surface area contributed by atoms with E-state index in [9.17, 15) is 14.9 Å². The number of likely N-dealkylation sites (N-methyl/N-ethyl adjacent to an activating group) is 1. The number of fused-ring (bicyclic) bond motifs is 1. The summed E-state index contributed by atoms with van der Waals surface area (Å²) in [5.41, 5.74) is 3.82. The molecule has 2 heterocycles. The highest BCUT2D eigenvalue weighted by Crippen LogP contribution is 2.38. The van der Waals surface area contributed by atoms with Crippen LogP contribution in [0.5, 0.6) is 0 Å².